The lowest BCUT2D eigenvalue weighted by Gasteiger charge is -2.21. The lowest BCUT2D eigenvalue weighted by Crippen LogP contribution is -3.15. The van der Waals surface area contributed by atoms with Gasteiger partial charge in [0, 0.05) is 18.8 Å². The summed E-state index contributed by atoms with van der Waals surface area (Å²) in [7, 11) is 0. The predicted octanol–water partition coefficient (Wildman–Crippen LogP) is -1.81. The van der Waals surface area contributed by atoms with E-state index in [9.17, 15) is 9.90 Å². The third kappa shape index (κ3) is 1.61. The Morgan fingerprint density at radius 2 is 2.17 bits per heavy atom. The Morgan fingerprint density at radius 1 is 1.42 bits per heavy atom. The molecule has 1 unspecified atom stereocenters. The summed E-state index contributed by atoms with van der Waals surface area (Å²) in [6, 6.07) is -0.203. The Kier molecular flexibility index (Phi) is 2.05. The minimum absolute atomic E-state index is 0.203. The molecule has 3 nitrogen and oxygen atoms in total. The molecule has 1 N–H and O–H groups in total. The van der Waals surface area contributed by atoms with Crippen molar-refractivity contribution < 1.29 is 14.8 Å². The molecule has 2 aliphatic rings. The highest BCUT2D eigenvalue weighted by molar-refractivity contribution is 5.69. The second-order valence-corrected chi connectivity index (χ2v) is 4.07. The first kappa shape index (κ1) is 8.05. The van der Waals surface area contributed by atoms with Gasteiger partial charge in [-0.05, 0) is 12.8 Å². The number of carboxylic acids is 1. The van der Waals surface area contributed by atoms with E-state index < -0.39 is 5.97 Å². The van der Waals surface area contributed by atoms with Crippen molar-refractivity contribution in [1.29, 1.82) is 0 Å². The van der Waals surface area contributed by atoms with E-state index in [-0.39, 0.29) is 6.04 Å². The molecule has 12 heavy (non-hydrogen) atoms. The van der Waals surface area contributed by atoms with E-state index in [0.29, 0.717) is 0 Å². The predicted molar refractivity (Wildman–Crippen MR) is 41.4 cm³/mol. The molecule has 0 amide bonds. The Balaban J connectivity index is 1.88. The summed E-state index contributed by atoms with van der Waals surface area (Å²) in [5.41, 5.74) is 0. The van der Waals surface area contributed by atoms with Crippen molar-refractivity contribution >= 4 is 5.97 Å². The number of carboxylic acid groups (broad SMARTS) is 1. The molecule has 0 bridgehead atoms. The fourth-order valence-corrected chi connectivity index (χ4v) is 2.13. The third-order valence-corrected chi connectivity index (χ3v) is 3.02. The number of rotatable bonds is 3. The van der Waals surface area contributed by atoms with Gasteiger partial charge in [0.25, 0.3) is 0 Å². The van der Waals surface area contributed by atoms with E-state index >= 15 is 0 Å². The van der Waals surface area contributed by atoms with Crippen LogP contribution in [-0.4, -0.2) is 25.1 Å². The molecular weight excluding hydrogens is 154 g/mol. The summed E-state index contributed by atoms with van der Waals surface area (Å²) in [5.74, 6) is -0.0249. The molecule has 2 rings (SSSR count). The number of nitrogens with one attached hydrogen (secondary N) is 1. The molecule has 1 heterocycles. The van der Waals surface area contributed by atoms with Crippen LogP contribution in [0.5, 0.6) is 0 Å². The average Bonchev–Trinajstić information content (AvgIpc) is 2.66. The summed E-state index contributed by atoms with van der Waals surface area (Å²) < 4.78 is 0. The van der Waals surface area contributed by atoms with E-state index in [1.165, 1.54) is 17.7 Å². The topological polar surface area (TPSA) is 44.6 Å². The second-order valence-electron chi connectivity index (χ2n) is 4.07. The van der Waals surface area contributed by atoms with Crippen LogP contribution in [-0.2, 0) is 4.79 Å². The molecule has 3 heteroatoms. The maximum Gasteiger partial charge on any atom is 0.128 e. The van der Waals surface area contributed by atoms with Gasteiger partial charge < -0.3 is 14.8 Å². The van der Waals surface area contributed by atoms with E-state index in [1.807, 2.05) is 0 Å². The number of likely N-dealkylation sites (tertiary alicyclic amines) is 1. The SMILES string of the molecule is O=C([O-])[C@H]1CCC[NH+]1CC1CC1. The molecule has 0 spiro atoms. The molecule has 0 aromatic heterocycles. The van der Waals surface area contributed by atoms with Crippen LogP contribution in [0.15, 0.2) is 0 Å². The van der Waals surface area contributed by atoms with Crippen molar-refractivity contribution in [1.82, 2.24) is 0 Å². The standard InChI is InChI=1S/C9H15NO2/c11-9(12)8-2-1-5-10(8)6-7-3-4-7/h7-8H,1-6H2,(H,11,12)/t8-/m1/s1. The Bertz CT molecular complexity index is 189. The minimum atomic E-state index is -0.844. The fourth-order valence-electron chi connectivity index (χ4n) is 2.13. The number of quaternary nitrogens is 1. The molecule has 0 radical (unpaired) electrons. The van der Waals surface area contributed by atoms with Crippen LogP contribution in [0.2, 0.25) is 0 Å². The molecule has 1 aliphatic heterocycles. The highest BCUT2D eigenvalue weighted by atomic mass is 16.4. The van der Waals surface area contributed by atoms with Crippen LogP contribution < -0.4 is 10.0 Å². The Labute approximate surface area is 72.4 Å². The summed E-state index contributed by atoms with van der Waals surface area (Å²) in [4.78, 5) is 11.9. The maximum atomic E-state index is 10.7. The number of carbonyl (C=O) groups is 1. The number of hydrogen-bond acceptors (Lipinski definition) is 2. The van der Waals surface area contributed by atoms with Crippen molar-refractivity contribution in [3.63, 3.8) is 0 Å². The van der Waals surface area contributed by atoms with E-state index in [4.69, 9.17) is 0 Å². The van der Waals surface area contributed by atoms with Gasteiger partial charge in [-0.25, -0.2) is 0 Å². The van der Waals surface area contributed by atoms with Gasteiger partial charge in [-0.2, -0.15) is 0 Å². The third-order valence-electron chi connectivity index (χ3n) is 3.02. The van der Waals surface area contributed by atoms with Crippen molar-refractivity contribution in [3.05, 3.63) is 0 Å². The van der Waals surface area contributed by atoms with E-state index in [0.717, 1.165) is 31.8 Å². The van der Waals surface area contributed by atoms with Crippen LogP contribution >= 0.6 is 0 Å². The molecule has 1 saturated carbocycles. The summed E-state index contributed by atoms with van der Waals surface area (Å²) >= 11 is 0. The van der Waals surface area contributed by atoms with Crippen molar-refractivity contribution in [2.45, 2.75) is 31.7 Å². The van der Waals surface area contributed by atoms with Gasteiger partial charge in [0.2, 0.25) is 0 Å². The van der Waals surface area contributed by atoms with Crippen molar-refractivity contribution in [3.8, 4) is 0 Å². The lowest BCUT2D eigenvalue weighted by atomic mass is 10.2. The van der Waals surface area contributed by atoms with Crippen LogP contribution in [0.25, 0.3) is 0 Å². The second kappa shape index (κ2) is 3.05. The fraction of sp³-hybridized carbons (Fsp3) is 0.889. The average molecular weight is 169 g/mol. The van der Waals surface area contributed by atoms with Gasteiger partial charge in [-0.1, -0.05) is 0 Å². The summed E-state index contributed by atoms with van der Waals surface area (Å²) in [6.45, 7) is 2.10. The Hall–Kier alpha value is -0.570. The first-order chi connectivity index (χ1) is 5.77. The van der Waals surface area contributed by atoms with Crippen molar-refractivity contribution in [2.24, 2.45) is 5.92 Å². The quantitative estimate of drug-likeness (QED) is 0.541. The number of aliphatic carboxylic acids is 1. The van der Waals surface area contributed by atoms with Crippen LogP contribution in [0.3, 0.4) is 0 Å². The number of hydrogen-bond donors (Lipinski definition) is 1. The highest BCUT2D eigenvalue weighted by Gasteiger charge is 2.34. The van der Waals surface area contributed by atoms with Crippen LogP contribution in [0.1, 0.15) is 25.7 Å². The largest absolute Gasteiger partial charge is 0.544 e. The molecule has 2 atom stereocenters. The van der Waals surface area contributed by atoms with Gasteiger partial charge in [0.15, 0.2) is 0 Å². The van der Waals surface area contributed by atoms with Crippen LogP contribution in [0.4, 0.5) is 0 Å². The zero-order valence-electron chi connectivity index (χ0n) is 7.21. The molecular formula is C9H15NO2. The zero-order chi connectivity index (χ0) is 8.55. The Morgan fingerprint density at radius 3 is 2.75 bits per heavy atom. The van der Waals surface area contributed by atoms with Crippen molar-refractivity contribution in [2.75, 3.05) is 13.1 Å². The normalized spacial score (nSPS) is 35.3. The van der Waals surface area contributed by atoms with Gasteiger partial charge in [0.05, 0.1) is 19.1 Å². The lowest BCUT2D eigenvalue weighted by molar-refractivity contribution is -0.907. The maximum absolute atomic E-state index is 10.7. The first-order valence-corrected chi connectivity index (χ1v) is 4.83. The van der Waals surface area contributed by atoms with E-state index in [1.54, 1.807) is 0 Å². The molecule has 0 aromatic rings. The van der Waals surface area contributed by atoms with Gasteiger partial charge >= 0.3 is 0 Å². The molecule has 1 saturated heterocycles. The zero-order valence-corrected chi connectivity index (χ0v) is 7.21. The molecule has 2 fully saturated rings. The first-order valence-electron chi connectivity index (χ1n) is 4.83. The smallest absolute Gasteiger partial charge is 0.128 e. The summed E-state index contributed by atoms with van der Waals surface area (Å²) in [6.07, 6.45) is 4.50. The van der Waals surface area contributed by atoms with Gasteiger partial charge in [-0.15, -0.1) is 0 Å². The van der Waals surface area contributed by atoms with Crippen LogP contribution in [0, 0.1) is 5.92 Å². The molecule has 68 valence electrons. The molecule has 0 aromatic carbocycles. The van der Waals surface area contributed by atoms with Gasteiger partial charge in [0.1, 0.15) is 6.04 Å². The highest BCUT2D eigenvalue weighted by Crippen LogP contribution is 2.27. The monoisotopic (exact) mass is 169 g/mol. The minimum Gasteiger partial charge on any atom is -0.544 e. The van der Waals surface area contributed by atoms with Gasteiger partial charge in [-0.3, -0.25) is 0 Å². The number of carbonyl (C=O) groups excluding carboxylic acids is 1. The molecule has 1 aliphatic carbocycles. The van der Waals surface area contributed by atoms with E-state index in [2.05, 4.69) is 0 Å². The summed E-state index contributed by atoms with van der Waals surface area (Å²) in [5, 5.41) is 10.7.